The van der Waals surface area contributed by atoms with Gasteiger partial charge in [0.25, 0.3) is 0 Å². The van der Waals surface area contributed by atoms with Gasteiger partial charge in [-0.1, -0.05) is 37.3 Å². The summed E-state index contributed by atoms with van der Waals surface area (Å²) in [4.78, 5) is 6.80. The van der Waals surface area contributed by atoms with E-state index in [2.05, 4.69) is 41.1 Å². The highest BCUT2D eigenvalue weighted by atomic mass is 16.5. The van der Waals surface area contributed by atoms with Crippen molar-refractivity contribution >= 4 is 11.5 Å². The van der Waals surface area contributed by atoms with E-state index in [9.17, 15) is 0 Å². The predicted molar refractivity (Wildman–Crippen MR) is 87.6 cm³/mol. The SMILES string of the molecule is CCCN(Cc1ccccc1)c1ccc(N)c(OCC)n1. The van der Waals surface area contributed by atoms with Crippen LogP contribution in [0.2, 0.25) is 0 Å². The standard InChI is InChI=1S/C17H23N3O/c1-3-12-20(13-14-8-6-5-7-9-14)16-11-10-15(18)17(19-16)21-4-2/h5-11H,3-4,12-13,18H2,1-2H3. The summed E-state index contributed by atoms with van der Waals surface area (Å²) < 4.78 is 5.49. The van der Waals surface area contributed by atoms with Gasteiger partial charge in [0.1, 0.15) is 5.82 Å². The zero-order chi connectivity index (χ0) is 15.1. The van der Waals surface area contributed by atoms with Crippen molar-refractivity contribution in [2.24, 2.45) is 0 Å². The first-order chi connectivity index (χ1) is 10.2. The van der Waals surface area contributed by atoms with Gasteiger partial charge in [0.2, 0.25) is 5.88 Å². The fraction of sp³-hybridized carbons (Fsp3) is 0.353. The molecular formula is C17H23N3O. The number of hydrogen-bond acceptors (Lipinski definition) is 4. The summed E-state index contributed by atoms with van der Waals surface area (Å²) in [5.74, 6) is 1.42. The number of benzene rings is 1. The molecule has 4 heteroatoms. The van der Waals surface area contributed by atoms with Crippen LogP contribution in [0.5, 0.6) is 5.88 Å². The second kappa shape index (κ2) is 7.53. The van der Waals surface area contributed by atoms with Crippen molar-refractivity contribution in [1.82, 2.24) is 4.98 Å². The first-order valence-electron chi connectivity index (χ1n) is 7.42. The van der Waals surface area contributed by atoms with E-state index >= 15 is 0 Å². The van der Waals surface area contributed by atoms with E-state index in [4.69, 9.17) is 10.5 Å². The predicted octanol–water partition coefficient (Wildman–Crippen LogP) is 3.48. The molecule has 1 aromatic carbocycles. The first-order valence-corrected chi connectivity index (χ1v) is 7.42. The molecule has 2 rings (SSSR count). The van der Waals surface area contributed by atoms with Gasteiger partial charge in [-0.15, -0.1) is 0 Å². The minimum atomic E-state index is 0.518. The zero-order valence-electron chi connectivity index (χ0n) is 12.7. The molecule has 0 aliphatic heterocycles. The van der Waals surface area contributed by atoms with Crippen LogP contribution in [0.25, 0.3) is 0 Å². The van der Waals surface area contributed by atoms with Gasteiger partial charge < -0.3 is 15.4 Å². The number of ether oxygens (including phenoxy) is 1. The van der Waals surface area contributed by atoms with Crippen molar-refractivity contribution in [1.29, 1.82) is 0 Å². The molecule has 21 heavy (non-hydrogen) atoms. The third kappa shape index (κ3) is 4.12. The van der Waals surface area contributed by atoms with Gasteiger partial charge in [-0.3, -0.25) is 0 Å². The van der Waals surface area contributed by atoms with Gasteiger partial charge in [0, 0.05) is 13.1 Å². The average Bonchev–Trinajstić information content (AvgIpc) is 2.50. The van der Waals surface area contributed by atoms with Gasteiger partial charge in [0.15, 0.2) is 0 Å². The Kier molecular flexibility index (Phi) is 5.43. The van der Waals surface area contributed by atoms with E-state index in [0.29, 0.717) is 18.2 Å². The molecule has 4 nitrogen and oxygen atoms in total. The number of pyridine rings is 1. The summed E-state index contributed by atoms with van der Waals surface area (Å²) in [6.07, 6.45) is 1.06. The van der Waals surface area contributed by atoms with Crippen LogP contribution in [0.4, 0.5) is 11.5 Å². The molecule has 0 unspecified atom stereocenters. The lowest BCUT2D eigenvalue weighted by atomic mass is 10.2. The quantitative estimate of drug-likeness (QED) is 0.846. The van der Waals surface area contributed by atoms with Crippen molar-refractivity contribution in [2.45, 2.75) is 26.8 Å². The van der Waals surface area contributed by atoms with Crippen molar-refractivity contribution in [3.63, 3.8) is 0 Å². The lowest BCUT2D eigenvalue weighted by molar-refractivity contribution is 0.329. The van der Waals surface area contributed by atoms with Crippen LogP contribution in [0.3, 0.4) is 0 Å². The van der Waals surface area contributed by atoms with Gasteiger partial charge in [0.05, 0.1) is 12.3 Å². The van der Waals surface area contributed by atoms with E-state index in [1.54, 1.807) is 0 Å². The van der Waals surface area contributed by atoms with Crippen molar-refractivity contribution in [3.8, 4) is 5.88 Å². The molecular weight excluding hydrogens is 262 g/mol. The molecule has 2 aromatic rings. The lowest BCUT2D eigenvalue weighted by Crippen LogP contribution is -2.24. The highest BCUT2D eigenvalue weighted by molar-refractivity contribution is 5.54. The maximum atomic E-state index is 5.90. The van der Waals surface area contributed by atoms with E-state index in [-0.39, 0.29) is 0 Å². The Bertz CT molecular complexity index is 557. The summed E-state index contributed by atoms with van der Waals surface area (Å²) in [6, 6.07) is 14.2. The zero-order valence-corrected chi connectivity index (χ0v) is 12.7. The van der Waals surface area contributed by atoms with Crippen LogP contribution in [0.1, 0.15) is 25.8 Å². The largest absolute Gasteiger partial charge is 0.476 e. The molecule has 0 aliphatic carbocycles. The molecule has 112 valence electrons. The highest BCUT2D eigenvalue weighted by Gasteiger charge is 2.11. The third-order valence-corrected chi connectivity index (χ3v) is 3.19. The van der Waals surface area contributed by atoms with Gasteiger partial charge in [-0.25, -0.2) is 0 Å². The highest BCUT2D eigenvalue weighted by Crippen LogP contribution is 2.24. The van der Waals surface area contributed by atoms with E-state index in [1.165, 1.54) is 5.56 Å². The maximum Gasteiger partial charge on any atom is 0.239 e. The summed E-state index contributed by atoms with van der Waals surface area (Å²) in [5, 5.41) is 0. The molecule has 0 bridgehead atoms. The molecule has 0 spiro atoms. The van der Waals surface area contributed by atoms with Crippen molar-refractivity contribution in [3.05, 3.63) is 48.0 Å². The normalized spacial score (nSPS) is 10.4. The average molecular weight is 285 g/mol. The van der Waals surface area contributed by atoms with Crippen molar-refractivity contribution in [2.75, 3.05) is 23.8 Å². The molecule has 2 N–H and O–H groups in total. The van der Waals surface area contributed by atoms with Gasteiger partial charge in [-0.05, 0) is 31.0 Å². The van der Waals surface area contributed by atoms with Crippen molar-refractivity contribution < 1.29 is 4.74 Å². The molecule has 1 aromatic heterocycles. The Balaban J connectivity index is 2.23. The Hall–Kier alpha value is -2.23. The molecule has 0 saturated heterocycles. The van der Waals surface area contributed by atoms with Crippen LogP contribution in [0.15, 0.2) is 42.5 Å². The number of hydrogen-bond donors (Lipinski definition) is 1. The molecule has 1 heterocycles. The monoisotopic (exact) mass is 285 g/mol. The molecule has 0 radical (unpaired) electrons. The second-order valence-corrected chi connectivity index (χ2v) is 4.90. The number of rotatable bonds is 7. The summed E-state index contributed by atoms with van der Waals surface area (Å²) in [6.45, 7) is 6.43. The summed E-state index contributed by atoms with van der Waals surface area (Å²) in [7, 11) is 0. The number of nitrogens with zero attached hydrogens (tertiary/aromatic N) is 2. The maximum absolute atomic E-state index is 5.90. The number of nitrogens with two attached hydrogens (primary N) is 1. The fourth-order valence-corrected chi connectivity index (χ4v) is 2.22. The molecule has 0 atom stereocenters. The third-order valence-electron chi connectivity index (χ3n) is 3.19. The Morgan fingerprint density at radius 2 is 1.86 bits per heavy atom. The second-order valence-electron chi connectivity index (χ2n) is 4.90. The minimum Gasteiger partial charge on any atom is -0.476 e. The Labute approximate surface area is 126 Å². The van der Waals surface area contributed by atoms with Crippen LogP contribution in [-0.4, -0.2) is 18.1 Å². The van der Waals surface area contributed by atoms with Crippen LogP contribution in [-0.2, 0) is 6.54 Å². The smallest absolute Gasteiger partial charge is 0.239 e. The Morgan fingerprint density at radius 1 is 1.10 bits per heavy atom. The van der Waals surface area contributed by atoms with E-state index in [0.717, 1.165) is 25.3 Å². The number of nitrogen functional groups attached to an aromatic ring is 1. The first kappa shape index (κ1) is 15.2. The summed E-state index contributed by atoms with van der Waals surface area (Å²) >= 11 is 0. The lowest BCUT2D eigenvalue weighted by Gasteiger charge is -2.24. The molecule has 0 amide bonds. The molecule has 0 fully saturated rings. The Morgan fingerprint density at radius 3 is 2.52 bits per heavy atom. The topological polar surface area (TPSA) is 51.4 Å². The summed E-state index contributed by atoms with van der Waals surface area (Å²) in [5.41, 5.74) is 7.74. The number of anilines is 2. The number of aromatic nitrogens is 1. The molecule has 0 aliphatic rings. The van der Waals surface area contributed by atoms with Gasteiger partial charge in [-0.2, -0.15) is 4.98 Å². The molecule has 0 saturated carbocycles. The van der Waals surface area contributed by atoms with E-state index < -0.39 is 0 Å². The van der Waals surface area contributed by atoms with Crippen LogP contribution in [0, 0.1) is 0 Å². The van der Waals surface area contributed by atoms with E-state index in [1.807, 2.05) is 25.1 Å². The van der Waals surface area contributed by atoms with Crippen LogP contribution >= 0.6 is 0 Å². The van der Waals surface area contributed by atoms with Gasteiger partial charge >= 0.3 is 0 Å². The van der Waals surface area contributed by atoms with Crippen LogP contribution < -0.4 is 15.4 Å². The minimum absolute atomic E-state index is 0.518. The fourth-order valence-electron chi connectivity index (χ4n) is 2.22.